The molecule has 1 atom stereocenters. The van der Waals surface area contributed by atoms with Crippen molar-refractivity contribution in [3.63, 3.8) is 0 Å². The fourth-order valence-corrected chi connectivity index (χ4v) is 6.05. The number of fused-ring (bicyclic) bond motifs is 3. The van der Waals surface area contributed by atoms with Gasteiger partial charge in [-0.05, 0) is 68.4 Å². The van der Waals surface area contributed by atoms with Crippen molar-refractivity contribution in [3.8, 4) is 16.8 Å². The van der Waals surface area contributed by atoms with E-state index in [4.69, 9.17) is 21.0 Å². The van der Waals surface area contributed by atoms with E-state index in [1.165, 1.54) is 0 Å². The van der Waals surface area contributed by atoms with Gasteiger partial charge in [0.05, 0.1) is 17.0 Å². The van der Waals surface area contributed by atoms with Crippen LogP contribution < -0.4 is 0 Å². The summed E-state index contributed by atoms with van der Waals surface area (Å²) in [6, 6.07) is 13.1. The Morgan fingerprint density at radius 2 is 1.87 bits per heavy atom. The van der Waals surface area contributed by atoms with E-state index in [0.717, 1.165) is 62.5 Å². The van der Waals surface area contributed by atoms with Crippen LogP contribution in [0.4, 0.5) is 0 Å². The maximum atomic E-state index is 6.25. The van der Waals surface area contributed by atoms with E-state index in [9.17, 15) is 0 Å². The SMILES string of the molecule is Cc1c(C#Cc2ccccn2)sc2c1C(c1ccc(Cl)cc1)=N[C@@H](Cc1nnc(C3CC3)o1)c1nnc(C)n1-2. The second kappa shape index (κ2) is 9.56. The lowest BCUT2D eigenvalue weighted by Crippen LogP contribution is -2.09. The largest absolute Gasteiger partial charge is 0.425 e. The predicted octanol–water partition coefficient (Wildman–Crippen LogP) is 5.79. The molecule has 7 rings (SSSR count). The third kappa shape index (κ3) is 4.46. The zero-order valence-electron chi connectivity index (χ0n) is 21.2. The Kier molecular flexibility index (Phi) is 5.87. The molecule has 0 N–H and O–H groups in total. The van der Waals surface area contributed by atoms with Gasteiger partial charge in [-0.1, -0.05) is 29.8 Å². The van der Waals surface area contributed by atoms with Crippen LogP contribution in [0.15, 0.2) is 58.1 Å². The van der Waals surface area contributed by atoms with Crippen molar-refractivity contribution < 1.29 is 4.42 Å². The van der Waals surface area contributed by atoms with Crippen molar-refractivity contribution in [1.82, 2.24) is 29.9 Å². The molecule has 5 aromatic rings. The van der Waals surface area contributed by atoms with Crippen molar-refractivity contribution in [3.05, 3.63) is 104 Å². The van der Waals surface area contributed by atoms with Gasteiger partial charge in [0.1, 0.15) is 22.6 Å². The second-order valence-electron chi connectivity index (χ2n) is 9.65. The van der Waals surface area contributed by atoms with Crippen molar-refractivity contribution >= 4 is 28.6 Å². The molecule has 39 heavy (non-hydrogen) atoms. The fraction of sp³-hybridized carbons (Fsp3) is 0.241. The van der Waals surface area contributed by atoms with E-state index >= 15 is 0 Å². The zero-order chi connectivity index (χ0) is 26.5. The van der Waals surface area contributed by atoms with Gasteiger partial charge in [0.2, 0.25) is 11.8 Å². The molecule has 0 amide bonds. The summed E-state index contributed by atoms with van der Waals surface area (Å²) < 4.78 is 8.11. The highest BCUT2D eigenvalue weighted by atomic mass is 35.5. The number of pyridine rings is 1. The second-order valence-corrected chi connectivity index (χ2v) is 11.1. The molecular formula is C29H22ClN7OS. The summed E-state index contributed by atoms with van der Waals surface area (Å²) in [6.07, 6.45) is 4.37. The summed E-state index contributed by atoms with van der Waals surface area (Å²) in [5, 5.41) is 19.3. The van der Waals surface area contributed by atoms with Crippen LogP contribution in [0.2, 0.25) is 5.02 Å². The zero-order valence-corrected chi connectivity index (χ0v) is 22.8. The molecule has 1 aromatic carbocycles. The molecule has 1 saturated carbocycles. The van der Waals surface area contributed by atoms with Crippen LogP contribution in [0.3, 0.4) is 0 Å². The highest BCUT2D eigenvalue weighted by molar-refractivity contribution is 7.15. The minimum atomic E-state index is -0.369. The third-order valence-electron chi connectivity index (χ3n) is 6.86. The maximum Gasteiger partial charge on any atom is 0.219 e. The molecule has 1 aliphatic carbocycles. The van der Waals surface area contributed by atoms with Crippen LogP contribution in [0.1, 0.15) is 75.5 Å². The number of aryl methyl sites for hydroxylation is 1. The van der Waals surface area contributed by atoms with Gasteiger partial charge in [-0.15, -0.1) is 31.7 Å². The lowest BCUT2D eigenvalue weighted by Gasteiger charge is -2.11. The number of benzene rings is 1. The number of thiophene rings is 1. The maximum absolute atomic E-state index is 6.25. The number of hydrogen-bond acceptors (Lipinski definition) is 8. The Bertz CT molecular complexity index is 1790. The highest BCUT2D eigenvalue weighted by Crippen LogP contribution is 2.41. The summed E-state index contributed by atoms with van der Waals surface area (Å²) >= 11 is 7.86. The lowest BCUT2D eigenvalue weighted by atomic mass is 9.99. The van der Waals surface area contributed by atoms with Gasteiger partial charge in [-0.25, -0.2) is 4.98 Å². The number of hydrogen-bond donors (Lipinski definition) is 0. The predicted molar refractivity (Wildman–Crippen MR) is 149 cm³/mol. The average Bonchev–Trinajstić information content (AvgIpc) is 3.49. The van der Waals surface area contributed by atoms with E-state index < -0.39 is 0 Å². The van der Waals surface area contributed by atoms with Crippen LogP contribution in [0.5, 0.6) is 0 Å². The minimum Gasteiger partial charge on any atom is -0.425 e. The molecule has 1 aliphatic heterocycles. The molecule has 0 bridgehead atoms. The summed E-state index contributed by atoms with van der Waals surface area (Å²) in [5.74, 6) is 9.71. The monoisotopic (exact) mass is 551 g/mol. The summed E-state index contributed by atoms with van der Waals surface area (Å²) in [5.41, 5.74) is 4.57. The molecule has 8 nitrogen and oxygen atoms in total. The van der Waals surface area contributed by atoms with E-state index in [1.54, 1.807) is 17.5 Å². The highest BCUT2D eigenvalue weighted by Gasteiger charge is 2.34. The quantitative estimate of drug-likeness (QED) is 0.262. The van der Waals surface area contributed by atoms with Crippen LogP contribution in [0, 0.1) is 25.7 Å². The van der Waals surface area contributed by atoms with Crippen LogP contribution >= 0.6 is 22.9 Å². The van der Waals surface area contributed by atoms with Crippen LogP contribution in [-0.2, 0) is 6.42 Å². The first-order valence-electron chi connectivity index (χ1n) is 12.7. The van der Waals surface area contributed by atoms with Gasteiger partial charge in [0.15, 0.2) is 5.82 Å². The van der Waals surface area contributed by atoms with E-state index in [1.807, 2.05) is 49.4 Å². The van der Waals surface area contributed by atoms with E-state index in [0.29, 0.717) is 29.1 Å². The first-order valence-corrected chi connectivity index (χ1v) is 13.9. The molecule has 0 spiro atoms. The van der Waals surface area contributed by atoms with Crippen LogP contribution in [-0.4, -0.2) is 35.7 Å². The summed E-state index contributed by atoms with van der Waals surface area (Å²) in [4.78, 5) is 10.6. The topological polar surface area (TPSA) is 94.9 Å². The molecule has 5 heterocycles. The molecule has 2 aliphatic rings. The Hall–Kier alpha value is -4.13. The first kappa shape index (κ1) is 23.9. The van der Waals surface area contributed by atoms with Gasteiger partial charge in [-0.2, -0.15) is 0 Å². The van der Waals surface area contributed by atoms with E-state index in [-0.39, 0.29) is 6.04 Å². The van der Waals surface area contributed by atoms with Crippen molar-refractivity contribution in [2.45, 2.75) is 45.1 Å². The average molecular weight is 552 g/mol. The molecule has 192 valence electrons. The Labute approximate surface area is 233 Å². The fourth-order valence-electron chi connectivity index (χ4n) is 4.71. The van der Waals surface area contributed by atoms with Gasteiger partial charge < -0.3 is 4.42 Å². The summed E-state index contributed by atoms with van der Waals surface area (Å²) in [6.45, 7) is 4.04. The number of aliphatic imine (C=N–C) groups is 1. The van der Waals surface area contributed by atoms with Crippen molar-refractivity contribution in [2.24, 2.45) is 4.99 Å². The molecule has 4 aromatic heterocycles. The van der Waals surface area contributed by atoms with E-state index in [2.05, 4.69) is 48.7 Å². The lowest BCUT2D eigenvalue weighted by molar-refractivity contribution is 0.433. The standard InChI is InChI=1S/C29H22ClN7OS/c1-16-23(13-12-21-5-3-4-14-31-21)39-29-25(16)26(18-8-10-20(30)11-9-18)32-22(27-35-33-17(2)37(27)29)15-24-34-36-28(38-24)19-6-7-19/h3-5,8-11,14,19,22H,6-7,15H2,1-2H3/t22-/m0/s1. The molecule has 0 saturated heterocycles. The van der Waals surface area contributed by atoms with Gasteiger partial charge >= 0.3 is 0 Å². The molecule has 0 unspecified atom stereocenters. The number of nitrogens with zero attached hydrogens (tertiary/aromatic N) is 7. The van der Waals surface area contributed by atoms with Gasteiger partial charge in [0, 0.05) is 28.3 Å². The Morgan fingerprint density at radius 3 is 2.64 bits per heavy atom. The van der Waals surface area contributed by atoms with Crippen LogP contribution in [0.25, 0.3) is 5.00 Å². The number of aromatic nitrogens is 6. The van der Waals surface area contributed by atoms with Gasteiger partial charge in [-0.3, -0.25) is 9.56 Å². The molecule has 10 heteroatoms. The third-order valence-corrected chi connectivity index (χ3v) is 8.31. The number of halogens is 1. The Balaban J connectivity index is 1.39. The van der Waals surface area contributed by atoms with Gasteiger partial charge in [0.25, 0.3) is 0 Å². The summed E-state index contributed by atoms with van der Waals surface area (Å²) in [7, 11) is 0. The normalized spacial score (nSPS) is 16.1. The van der Waals surface area contributed by atoms with Crippen molar-refractivity contribution in [2.75, 3.05) is 0 Å². The minimum absolute atomic E-state index is 0.369. The molecule has 1 fully saturated rings. The molecule has 0 radical (unpaired) electrons. The van der Waals surface area contributed by atoms with Crippen molar-refractivity contribution in [1.29, 1.82) is 0 Å². The number of rotatable bonds is 4. The Morgan fingerprint density at radius 1 is 1.03 bits per heavy atom. The first-order chi connectivity index (χ1) is 19.0. The smallest absolute Gasteiger partial charge is 0.219 e. The molecular weight excluding hydrogens is 530 g/mol.